The van der Waals surface area contributed by atoms with E-state index in [1.165, 1.54) is 0 Å². The van der Waals surface area contributed by atoms with Crippen molar-refractivity contribution in [3.63, 3.8) is 0 Å². The largest absolute Gasteiger partial charge is 0.393 e. The molecule has 0 aromatic carbocycles. The average molecular weight is 200 g/mol. The quantitative estimate of drug-likeness (QED) is 0.657. The van der Waals surface area contributed by atoms with E-state index in [2.05, 4.69) is 0 Å². The molecule has 1 amide bonds. The fraction of sp³-hybridized carbons (Fsp3) is 0.900. The van der Waals surface area contributed by atoms with Crippen LogP contribution in [0.4, 0.5) is 0 Å². The molecule has 1 aliphatic heterocycles. The van der Waals surface area contributed by atoms with Crippen LogP contribution in [0.15, 0.2) is 0 Å². The molecule has 1 heterocycles. The zero-order valence-electron chi connectivity index (χ0n) is 8.94. The molecule has 3 N–H and O–H groups in total. The molecule has 0 unspecified atom stereocenters. The van der Waals surface area contributed by atoms with E-state index >= 15 is 0 Å². The lowest BCUT2D eigenvalue weighted by molar-refractivity contribution is -0.134. The van der Waals surface area contributed by atoms with Crippen molar-refractivity contribution < 1.29 is 9.90 Å². The van der Waals surface area contributed by atoms with Gasteiger partial charge in [-0.1, -0.05) is 0 Å². The molecule has 0 spiro atoms. The molecule has 14 heavy (non-hydrogen) atoms. The fourth-order valence-corrected chi connectivity index (χ4v) is 1.89. The Hall–Kier alpha value is -0.610. The van der Waals surface area contributed by atoms with E-state index in [-0.39, 0.29) is 12.0 Å². The Morgan fingerprint density at radius 3 is 2.29 bits per heavy atom. The standard InChI is InChI=1S/C10H20N2O2/c1-7(11)10(14)12-5-3-9(4-6-12)8(2)13/h7-9,13H,3-6,11H2,1-2H3/t7-,8+/m1/s1. The number of carbonyl (C=O) groups is 1. The number of nitrogens with two attached hydrogens (primary N) is 1. The first-order valence-corrected chi connectivity index (χ1v) is 5.24. The van der Waals surface area contributed by atoms with Crippen LogP contribution in [0.3, 0.4) is 0 Å². The number of nitrogens with zero attached hydrogens (tertiary/aromatic N) is 1. The highest BCUT2D eigenvalue weighted by Crippen LogP contribution is 2.20. The van der Waals surface area contributed by atoms with Crippen LogP contribution in [0.2, 0.25) is 0 Å². The van der Waals surface area contributed by atoms with Crippen LogP contribution in [0.25, 0.3) is 0 Å². The number of piperidine rings is 1. The third-order valence-electron chi connectivity index (χ3n) is 2.92. The first-order valence-electron chi connectivity index (χ1n) is 5.24. The molecule has 1 rings (SSSR count). The van der Waals surface area contributed by atoms with Crippen LogP contribution < -0.4 is 5.73 Å². The molecule has 82 valence electrons. The van der Waals surface area contributed by atoms with Crippen molar-refractivity contribution in [3.8, 4) is 0 Å². The van der Waals surface area contributed by atoms with E-state index in [1.54, 1.807) is 11.8 Å². The third kappa shape index (κ3) is 2.69. The number of aliphatic hydroxyl groups excluding tert-OH is 1. The van der Waals surface area contributed by atoms with Crippen molar-refractivity contribution in [3.05, 3.63) is 0 Å². The van der Waals surface area contributed by atoms with Crippen LogP contribution in [-0.2, 0) is 4.79 Å². The maximum atomic E-state index is 11.5. The topological polar surface area (TPSA) is 66.6 Å². The highest BCUT2D eigenvalue weighted by atomic mass is 16.3. The molecule has 0 radical (unpaired) electrons. The zero-order chi connectivity index (χ0) is 10.7. The molecule has 1 saturated heterocycles. The van der Waals surface area contributed by atoms with Gasteiger partial charge in [0, 0.05) is 13.1 Å². The van der Waals surface area contributed by atoms with Gasteiger partial charge in [-0.2, -0.15) is 0 Å². The Morgan fingerprint density at radius 2 is 1.93 bits per heavy atom. The second-order valence-electron chi connectivity index (χ2n) is 4.19. The van der Waals surface area contributed by atoms with Crippen molar-refractivity contribution in [2.45, 2.75) is 38.8 Å². The second-order valence-corrected chi connectivity index (χ2v) is 4.19. The summed E-state index contributed by atoms with van der Waals surface area (Å²) in [7, 11) is 0. The summed E-state index contributed by atoms with van der Waals surface area (Å²) in [6.45, 7) is 4.99. The molecule has 0 aliphatic carbocycles. The summed E-state index contributed by atoms with van der Waals surface area (Å²) in [6, 6.07) is -0.405. The van der Waals surface area contributed by atoms with E-state index in [9.17, 15) is 9.90 Å². The maximum absolute atomic E-state index is 11.5. The first kappa shape index (κ1) is 11.5. The summed E-state index contributed by atoms with van der Waals surface area (Å²) in [6.07, 6.45) is 1.51. The van der Waals surface area contributed by atoms with Gasteiger partial charge in [-0.25, -0.2) is 0 Å². The monoisotopic (exact) mass is 200 g/mol. The smallest absolute Gasteiger partial charge is 0.239 e. The molecule has 4 heteroatoms. The molecule has 0 saturated carbocycles. The van der Waals surface area contributed by atoms with E-state index < -0.39 is 6.04 Å². The summed E-state index contributed by atoms with van der Waals surface area (Å²) in [5.41, 5.74) is 5.52. The highest BCUT2D eigenvalue weighted by Gasteiger charge is 2.26. The average Bonchev–Trinajstić information content (AvgIpc) is 2.16. The van der Waals surface area contributed by atoms with Gasteiger partial charge in [-0.05, 0) is 32.6 Å². The molecule has 4 nitrogen and oxygen atoms in total. The number of aliphatic hydroxyl groups is 1. The molecule has 0 aromatic heterocycles. The second kappa shape index (κ2) is 4.75. The molecule has 0 aromatic rings. The number of likely N-dealkylation sites (tertiary alicyclic amines) is 1. The Kier molecular flexibility index (Phi) is 3.89. The lowest BCUT2D eigenvalue weighted by Gasteiger charge is -2.34. The molecule has 2 atom stereocenters. The highest BCUT2D eigenvalue weighted by molar-refractivity contribution is 5.81. The number of hydrogen-bond acceptors (Lipinski definition) is 3. The van der Waals surface area contributed by atoms with Crippen LogP contribution in [0.1, 0.15) is 26.7 Å². The van der Waals surface area contributed by atoms with Crippen LogP contribution >= 0.6 is 0 Å². The molecular formula is C10H20N2O2. The van der Waals surface area contributed by atoms with Crippen molar-refractivity contribution in [2.75, 3.05) is 13.1 Å². The van der Waals surface area contributed by atoms with Crippen molar-refractivity contribution in [2.24, 2.45) is 11.7 Å². The summed E-state index contributed by atoms with van der Waals surface area (Å²) >= 11 is 0. The van der Waals surface area contributed by atoms with Crippen LogP contribution in [0.5, 0.6) is 0 Å². The number of rotatable bonds is 2. The minimum absolute atomic E-state index is 0.0223. The Balaban J connectivity index is 2.39. The number of carbonyl (C=O) groups excluding carboxylic acids is 1. The first-order chi connectivity index (χ1) is 6.52. The molecule has 1 fully saturated rings. The van der Waals surface area contributed by atoms with Crippen LogP contribution in [0, 0.1) is 5.92 Å². The van der Waals surface area contributed by atoms with Crippen molar-refractivity contribution in [1.29, 1.82) is 0 Å². The lowest BCUT2D eigenvalue weighted by Crippen LogP contribution is -2.46. The third-order valence-corrected chi connectivity index (χ3v) is 2.92. The van der Waals surface area contributed by atoms with E-state index in [0.29, 0.717) is 5.92 Å². The minimum Gasteiger partial charge on any atom is -0.393 e. The van der Waals surface area contributed by atoms with E-state index in [1.807, 2.05) is 6.92 Å². The van der Waals surface area contributed by atoms with Gasteiger partial charge in [-0.15, -0.1) is 0 Å². The Labute approximate surface area is 85.1 Å². The predicted molar refractivity (Wildman–Crippen MR) is 54.6 cm³/mol. The van der Waals surface area contributed by atoms with Gasteiger partial charge in [0.1, 0.15) is 0 Å². The Morgan fingerprint density at radius 1 is 1.43 bits per heavy atom. The van der Waals surface area contributed by atoms with Gasteiger partial charge >= 0.3 is 0 Å². The van der Waals surface area contributed by atoms with Crippen molar-refractivity contribution in [1.82, 2.24) is 4.90 Å². The van der Waals surface area contributed by atoms with Gasteiger partial charge in [0.25, 0.3) is 0 Å². The Bertz CT molecular complexity index is 196. The molecular weight excluding hydrogens is 180 g/mol. The van der Waals surface area contributed by atoms with Gasteiger partial charge < -0.3 is 15.7 Å². The number of hydrogen-bond donors (Lipinski definition) is 2. The summed E-state index contributed by atoms with van der Waals surface area (Å²) in [5, 5.41) is 9.38. The van der Waals surface area contributed by atoms with E-state index in [0.717, 1.165) is 25.9 Å². The number of amides is 1. The summed E-state index contributed by atoms with van der Waals surface area (Å²) < 4.78 is 0. The van der Waals surface area contributed by atoms with Gasteiger partial charge in [0.05, 0.1) is 12.1 Å². The molecule has 0 bridgehead atoms. The van der Waals surface area contributed by atoms with Gasteiger partial charge in [0.2, 0.25) is 5.91 Å². The van der Waals surface area contributed by atoms with Crippen LogP contribution in [-0.4, -0.2) is 41.1 Å². The van der Waals surface area contributed by atoms with Crippen molar-refractivity contribution >= 4 is 5.91 Å². The minimum atomic E-state index is -0.405. The predicted octanol–water partition coefficient (Wildman–Crippen LogP) is -0.0470. The SMILES string of the molecule is C[C@H](O)C1CCN(C(=O)[C@@H](C)N)CC1. The summed E-state index contributed by atoms with van der Waals surface area (Å²) in [4.78, 5) is 13.3. The normalized spacial score (nSPS) is 23.3. The van der Waals surface area contributed by atoms with E-state index in [4.69, 9.17) is 5.73 Å². The molecule has 1 aliphatic rings. The van der Waals surface area contributed by atoms with Gasteiger partial charge in [0.15, 0.2) is 0 Å². The zero-order valence-corrected chi connectivity index (χ0v) is 8.94. The maximum Gasteiger partial charge on any atom is 0.239 e. The van der Waals surface area contributed by atoms with Gasteiger partial charge in [-0.3, -0.25) is 4.79 Å². The lowest BCUT2D eigenvalue weighted by atomic mass is 9.92. The fourth-order valence-electron chi connectivity index (χ4n) is 1.89. The summed E-state index contributed by atoms with van der Waals surface area (Å²) in [5.74, 6) is 0.362.